The van der Waals surface area contributed by atoms with Crippen LogP contribution in [0.2, 0.25) is 0 Å². The van der Waals surface area contributed by atoms with Gasteiger partial charge in [0.05, 0.1) is 24.2 Å². The Morgan fingerprint density at radius 3 is 2.60 bits per heavy atom. The number of urea groups is 1. The fourth-order valence-corrected chi connectivity index (χ4v) is 4.54. The Kier molecular flexibility index (Phi) is 7.67. The molecule has 2 N–H and O–H groups in total. The molecule has 0 spiro atoms. The van der Waals surface area contributed by atoms with E-state index in [1.54, 1.807) is 29.7 Å². The average Bonchev–Trinajstić information content (AvgIpc) is 3.25. The molecule has 35 heavy (non-hydrogen) atoms. The number of carbonyl (C=O) groups is 2. The number of carbonyl (C=O) groups excluding carboxylic acids is 2. The Morgan fingerprint density at radius 2 is 1.89 bits per heavy atom. The third-order valence-corrected chi connectivity index (χ3v) is 6.54. The van der Waals surface area contributed by atoms with Gasteiger partial charge in [0, 0.05) is 18.8 Å². The number of benzene rings is 2. The molecule has 0 radical (unpaired) electrons. The van der Waals surface area contributed by atoms with Crippen molar-refractivity contribution in [2.75, 3.05) is 36.5 Å². The zero-order valence-electron chi connectivity index (χ0n) is 19.7. The Balaban J connectivity index is 1.50. The van der Waals surface area contributed by atoms with Gasteiger partial charge in [0.1, 0.15) is 5.82 Å². The number of aryl methyl sites for hydroxylation is 2. The average molecular weight is 499 g/mol. The first-order valence-electron chi connectivity index (χ1n) is 11.2. The van der Waals surface area contributed by atoms with Crippen molar-refractivity contribution in [3.8, 4) is 5.69 Å². The third kappa shape index (κ3) is 5.98. The van der Waals surface area contributed by atoms with Crippen LogP contribution in [0.4, 0.5) is 20.8 Å². The molecule has 9 nitrogen and oxygen atoms in total. The first-order valence-corrected chi connectivity index (χ1v) is 12.1. The predicted octanol–water partition coefficient (Wildman–Crippen LogP) is 3.69. The quantitative estimate of drug-likeness (QED) is 0.500. The van der Waals surface area contributed by atoms with Crippen molar-refractivity contribution < 1.29 is 18.7 Å². The van der Waals surface area contributed by atoms with Crippen LogP contribution in [-0.4, -0.2) is 58.3 Å². The van der Waals surface area contributed by atoms with Crippen LogP contribution >= 0.6 is 11.8 Å². The van der Waals surface area contributed by atoms with E-state index in [4.69, 9.17) is 4.74 Å². The Bertz CT molecular complexity index is 1230. The molecule has 0 aliphatic carbocycles. The number of morpholine rings is 1. The molecule has 1 fully saturated rings. The molecule has 2 aromatic carbocycles. The van der Waals surface area contributed by atoms with Crippen molar-refractivity contribution in [1.82, 2.24) is 20.1 Å². The van der Waals surface area contributed by atoms with E-state index in [1.165, 1.54) is 12.1 Å². The summed E-state index contributed by atoms with van der Waals surface area (Å²) in [6, 6.07) is 11.1. The van der Waals surface area contributed by atoms with Crippen molar-refractivity contribution in [2.45, 2.75) is 31.2 Å². The third-order valence-electron chi connectivity index (χ3n) is 5.49. The van der Waals surface area contributed by atoms with Crippen LogP contribution in [0, 0.1) is 19.7 Å². The van der Waals surface area contributed by atoms with E-state index in [-0.39, 0.29) is 0 Å². The molecule has 1 unspecified atom stereocenters. The zero-order valence-corrected chi connectivity index (χ0v) is 20.6. The van der Waals surface area contributed by atoms with Crippen LogP contribution in [0.1, 0.15) is 18.1 Å². The molecule has 3 aromatic rings. The second-order valence-electron chi connectivity index (χ2n) is 8.22. The lowest BCUT2D eigenvalue weighted by Gasteiger charge is -2.28. The number of hydrogen-bond acceptors (Lipinski definition) is 7. The summed E-state index contributed by atoms with van der Waals surface area (Å²) in [5.41, 5.74) is 3.14. The molecule has 184 valence electrons. The highest BCUT2D eigenvalue weighted by Gasteiger charge is 2.26. The van der Waals surface area contributed by atoms with Gasteiger partial charge in [-0.3, -0.25) is 14.7 Å². The Hall–Kier alpha value is -3.44. The van der Waals surface area contributed by atoms with E-state index in [1.807, 2.05) is 30.9 Å². The van der Waals surface area contributed by atoms with Gasteiger partial charge in [-0.2, -0.15) is 0 Å². The minimum atomic E-state index is -0.672. The van der Waals surface area contributed by atoms with Crippen LogP contribution in [0.25, 0.3) is 5.69 Å². The van der Waals surface area contributed by atoms with Gasteiger partial charge in [-0.15, -0.1) is 10.2 Å². The van der Waals surface area contributed by atoms with Crippen LogP contribution < -0.4 is 15.5 Å². The SMILES string of the molecule is Cc1ccc(NC(=O)NC(=O)C(C)Sc2nnc(N3CCOCC3)n2-c2cccc(F)c2)c(C)c1. The molecule has 0 saturated carbocycles. The fraction of sp³-hybridized carbons (Fsp3) is 0.333. The summed E-state index contributed by atoms with van der Waals surface area (Å²) in [7, 11) is 0. The number of rotatable bonds is 6. The number of amides is 3. The molecule has 2 heterocycles. The molecule has 3 amide bonds. The zero-order chi connectivity index (χ0) is 24.9. The van der Waals surface area contributed by atoms with Crippen molar-refractivity contribution in [3.63, 3.8) is 0 Å². The molecule has 1 aromatic heterocycles. The summed E-state index contributed by atoms with van der Waals surface area (Å²) < 4.78 is 21.2. The molecule has 11 heteroatoms. The largest absolute Gasteiger partial charge is 0.378 e. The second-order valence-corrected chi connectivity index (χ2v) is 9.53. The molecule has 1 aliphatic heterocycles. The van der Waals surface area contributed by atoms with Gasteiger partial charge in [0.25, 0.3) is 0 Å². The number of aromatic nitrogens is 3. The number of imide groups is 1. The minimum absolute atomic E-state index is 0.395. The topological polar surface area (TPSA) is 101 Å². The van der Waals surface area contributed by atoms with Crippen LogP contribution in [-0.2, 0) is 9.53 Å². The smallest absolute Gasteiger partial charge is 0.325 e. The summed E-state index contributed by atoms with van der Waals surface area (Å²) >= 11 is 1.13. The monoisotopic (exact) mass is 498 g/mol. The van der Waals surface area contributed by atoms with Crippen LogP contribution in [0.3, 0.4) is 0 Å². The fourth-order valence-electron chi connectivity index (χ4n) is 3.68. The maximum atomic E-state index is 14.0. The standard InChI is InChI=1S/C24H27FN6O3S/c1-15-7-8-20(16(2)13-15)26-22(33)27-21(32)17(3)35-24-29-28-23(30-9-11-34-12-10-30)31(24)19-6-4-5-18(25)14-19/h4-8,13-14,17H,9-12H2,1-3H3,(H2,26,27,32,33). The Labute approximate surface area is 207 Å². The van der Waals surface area contributed by atoms with Gasteiger partial charge < -0.3 is 15.0 Å². The highest BCUT2D eigenvalue weighted by molar-refractivity contribution is 8.00. The van der Waals surface area contributed by atoms with Crippen molar-refractivity contribution in [1.29, 1.82) is 0 Å². The van der Waals surface area contributed by atoms with E-state index in [2.05, 4.69) is 20.8 Å². The highest BCUT2D eigenvalue weighted by Crippen LogP contribution is 2.30. The molecular weight excluding hydrogens is 471 g/mol. The number of nitrogens with one attached hydrogen (secondary N) is 2. The normalized spacial score (nSPS) is 14.5. The van der Waals surface area contributed by atoms with Gasteiger partial charge in [-0.25, -0.2) is 9.18 Å². The summed E-state index contributed by atoms with van der Waals surface area (Å²) in [6.07, 6.45) is 0. The molecule has 1 atom stereocenters. The second kappa shape index (κ2) is 10.9. The van der Waals surface area contributed by atoms with E-state index in [0.717, 1.165) is 22.9 Å². The van der Waals surface area contributed by atoms with Crippen LogP contribution in [0.15, 0.2) is 47.6 Å². The van der Waals surface area contributed by atoms with Gasteiger partial charge in [-0.05, 0) is 50.6 Å². The summed E-state index contributed by atoms with van der Waals surface area (Å²) in [4.78, 5) is 27.2. The molecular formula is C24H27FN6O3S. The van der Waals surface area contributed by atoms with Crippen molar-refractivity contribution in [3.05, 3.63) is 59.4 Å². The van der Waals surface area contributed by atoms with E-state index >= 15 is 0 Å². The summed E-state index contributed by atoms with van der Waals surface area (Å²) in [5, 5.41) is 13.4. The number of nitrogens with zero attached hydrogens (tertiary/aromatic N) is 4. The van der Waals surface area contributed by atoms with Gasteiger partial charge >= 0.3 is 6.03 Å². The first-order chi connectivity index (χ1) is 16.8. The Morgan fingerprint density at radius 1 is 1.11 bits per heavy atom. The van der Waals surface area contributed by atoms with E-state index < -0.39 is 23.0 Å². The number of ether oxygens (including phenoxy) is 1. The van der Waals surface area contributed by atoms with Crippen molar-refractivity contribution in [2.24, 2.45) is 0 Å². The maximum Gasteiger partial charge on any atom is 0.325 e. The first kappa shape index (κ1) is 24.7. The maximum absolute atomic E-state index is 14.0. The van der Waals surface area contributed by atoms with Gasteiger partial charge in [0.15, 0.2) is 5.16 Å². The minimum Gasteiger partial charge on any atom is -0.378 e. The number of hydrogen-bond donors (Lipinski definition) is 2. The van der Waals surface area contributed by atoms with E-state index in [0.29, 0.717) is 48.8 Å². The molecule has 1 aliphatic rings. The highest BCUT2D eigenvalue weighted by atomic mass is 32.2. The number of thioether (sulfide) groups is 1. The lowest BCUT2D eigenvalue weighted by atomic mass is 10.1. The predicted molar refractivity (Wildman–Crippen MR) is 133 cm³/mol. The molecule has 4 rings (SSSR count). The van der Waals surface area contributed by atoms with E-state index in [9.17, 15) is 14.0 Å². The molecule has 0 bridgehead atoms. The van der Waals surface area contributed by atoms with Gasteiger partial charge in [-0.1, -0.05) is 35.5 Å². The summed E-state index contributed by atoms with van der Waals surface area (Å²) in [6.45, 7) is 7.85. The summed E-state index contributed by atoms with van der Waals surface area (Å²) in [5.74, 6) is -0.338. The van der Waals surface area contributed by atoms with Gasteiger partial charge in [0.2, 0.25) is 11.9 Å². The molecule has 1 saturated heterocycles. The van der Waals surface area contributed by atoms with Crippen molar-refractivity contribution >= 4 is 35.3 Å². The van der Waals surface area contributed by atoms with Crippen LogP contribution in [0.5, 0.6) is 0 Å². The number of anilines is 2. The lowest BCUT2D eigenvalue weighted by Crippen LogP contribution is -2.39. The number of halogens is 1. The lowest BCUT2D eigenvalue weighted by molar-refractivity contribution is -0.119.